The second kappa shape index (κ2) is 4.76. The number of imidazole rings is 1. The molecular weight excluding hydrogens is 221 g/mol. The smallest absolute Gasteiger partial charge is 0.145 e. The zero-order valence-electron chi connectivity index (χ0n) is 8.97. The summed E-state index contributed by atoms with van der Waals surface area (Å²) in [5.74, 6) is -0.505. The van der Waals surface area contributed by atoms with Gasteiger partial charge in [0.1, 0.15) is 11.9 Å². The van der Waals surface area contributed by atoms with Gasteiger partial charge in [-0.3, -0.25) is 0 Å². The molecule has 0 unspecified atom stereocenters. The number of aliphatic hydroxyl groups excluding tert-OH is 1. The van der Waals surface area contributed by atoms with Crippen LogP contribution in [0.3, 0.4) is 0 Å². The Morgan fingerprint density at radius 3 is 2.94 bits per heavy atom. The Morgan fingerprint density at radius 2 is 2.29 bits per heavy atom. The maximum Gasteiger partial charge on any atom is 0.145 e. The van der Waals surface area contributed by atoms with E-state index in [2.05, 4.69) is 4.98 Å². The number of aromatic nitrogens is 2. The number of halogens is 1. The summed E-state index contributed by atoms with van der Waals surface area (Å²) >= 11 is 0. The van der Waals surface area contributed by atoms with E-state index in [0.29, 0.717) is 11.3 Å². The van der Waals surface area contributed by atoms with Crippen LogP contribution in [0.5, 0.6) is 0 Å². The molecule has 0 fully saturated rings. The fraction of sp³-hybridized carbons (Fsp3) is 0.167. The van der Waals surface area contributed by atoms with Gasteiger partial charge in [-0.15, -0.1) is 0 Å². The van der Waals surface area contributed by atoms with Crippen molar-refractivity contribution in [3.63, 3.8) is 0 Å². The topological polar surface area (TPSA) is 61.8 Å². The van der Waals surface area contributed by atoms with Gasteiger partial charge in [0.2, 0.25) is 0 Å². The zero-order valence-corrected chi connectivity index (χ0v) is 8.97. The Morgan fingerprint density at radius 1 is 1.47 bits per heavy atom. The highest BCUT2D eigenvalue weighted by molar-refractivity contribution is 5.35. The van der Waals surface area contributed by atoms with Crippen LogP contribution in [0.25, 0.3) is 0 Å². The summed E-state index contributed by atoms with van der Waals surface area (Å²) in [6, 6.07) is 6.49. The van der Waals surface area contributed by atoms with Crippen LogP contribution in [-0.4, -0.2) is 14.7 Å². The minimum atomic E-state index is -0.505. The molecule has 86 valence electrons. The number of aliphatic hydroxyl groups is 1. The van der Waals surface area contributed by atoms with Crippen LogP contribution in [-0.2, 0) is 13.2 Å². The van der Waals surface area contributed by atoms with Crippen LogP contribution < -0.4 is 0 Å². The van der Waals surface area contributed by atoms with Crippen molar-refractivity contribution >= 4 is 0 Å². The van der Waals surface area contributed by atoms with E-state index in [9.17, 15) is 4.39 Å². The van der Waals surface area contributed by atoms with E-state index in [0.717, 1.165) is 0 Å². The highest BCUT2D eigenvalue weighted by atomic mass is 19.1. The fourth-order valence-corrected chi connectivity index (χ4v) is 1.56. The maximum atomic E-state index is 13.7. The minimum Gasteiger partial charge on any atom is -0.390 e. The third-order valence-electron chi connectivity index (χ3n) is 2.40. The lowest BCUT2D eigenvalue weighted by Crippen LogP contribution is -2.01. The molecule has 0 saturated heterocycles. The summed E-state index contributed by atoms with van der Waals surface area (Å²) in [7, 11) is 0. The van der Waals surface area contributed by atoms with E-state index in [1.165, 1.54) is 12.4 Å². The van der Waals surface area contributed by atoms with Gasteiger partial charge in [-0.05, 0) is 6.07 Å². The molecule has 0 aliphatic rings. The number of nitriles is 1. The first-order chi connectivity index (χ1) is 8.24. The summed E-state index contributed by atoms with van der Waals surface area (Å²) in [5, 5.41) is 17.6. The van der Waals surface area contributed by atoms with Crippen molar-refractivity contribution in [3.8, 4) is 6.07 Å². The molecule has 0 saturated carbocycles. The molecule has 1 heterocycles. The zero-order chi connectivity index (χ0) is 12.3. The van der Waals surface area contributed by atoms with E-state index in [-0.39, 0.29) is 18.7 Å². The van der Waals surface area contributed by atoms with Crippen molar-refractivity contribution in [1.82, 2.24) is 9.55 Å². The third-order valence-corrected chi connectivity index (χ3v) is 2.40. The highest BCUT2D eigenvalue weighted by Crippen LogP contribution is 2.13. The Balaban J connectivity index is 2.27. The molecule has 0 spiro atoms. The van der Waals surface area contributed by atoms with E-state index >= 15 is 0 Å². The van der Waals surface area contributed by atoms with Crippen LogP contribution in [0.15, 0.2) is 30.7 Å². The molecule has 2 rings (SSSR count). The second-order valence-corrected chi connectivity index (χ2v) is 3.59. The van der Waals surface area contributed by atoms with Crippen LogP contribution in [0.1, 0.15) is 16.8 Å². The fourth-order valence-electron chi connectivity index (χ4n) is 1.56. The third kappa shape index (κ3) is 2.32. The van der Waals surface area contributed by atoms with Gasteiger partial charge < -0.3 is 9.67 Å². The molecule has 2 aromatic rings. The lowest BCUT2D eigenvalue weighted by atomic mass is 10.1. The van der Waals surface area contributed by atoms with Crippen molar-refractivity contribution in [2.75, 3.05) is 0 Å². The molecule has 5 heteroatoms. The average Bonchev–Trinajstić information content (AvgIpc) is 2.79. The molecule has 4 nitrogen and oxygen atoms in total. The van der Waals surface area contributed by atoms with Gasteiger partial charge in [0.15, 0.2) is 0 Å². The molecule has 0 amide bonds. The van der Waals surface area contributed by atoms with E-state index < -0.39 is 5.82 Å². The van der Waals surface area contributed by atoms with Gasteiger partial charge in [-0.2, -0.15) is 5.26 Å². The van der Waals surface area contributed by atoms with Crippen molar-refractivity contribution in [1.29, 1.82) is 5.26 Å². The van der Waals surface area contributed by atoms with Crippen molar-refractivity contribution in [3.05, 3.63) is 53.4 Å². The first-order valence-electron chi connectivity index (χ1n) is 5.03. The standard InChI is InChI=1S/C12H10FN3O/c13-12-9(4-14)2-1-3-10(12)5-16-6-11(7-17)15-8-16/h1-3,6,8,17H,5,7H2. The summed E-state index contributed by atoms with van der Waals surface area (Å²) < 4.78 is 15.4. The van der Waals surface area contributed by atoms with Gasteiger partial charge in [0, 0.05) is 11.8 Å². The van der Waals surface area contributed by atoms with Gasteiger partial charge in [-0.25, -0.2) is 9.37 Å². The Kier molecular flexibility index (Phi) is 3.17. The number of hydrogen-bond donors (Lipinski definition) is 1. The number of benzene rings is 1. The van der Waals surface area contributed by atoms with Crippen molar-refractivity contribution in [2.45, 2.75) is 13.2 Å². The number of hydrogen-bond acceptors (Lipinski definition) is 3. The molecule has 0 aliphatic heterocycles. The molecule has 1 N–H and O–H groups in total. The van der Waals surface area contributed by atoms with E-state index in [1.54, 1.807) is 29.0 Å². The normalized spacial score (nSPS) is 10.2. The molecule has 0 bridgehead atoms. The molecule has 1 aromatic heterocycles. The summed E-state index contributed by atoms with van der Waals surface area (Å²) in [6.45, 7) is 0.141. The predicted molar refractivity (Wildman–Crippen MR) is 58.4 cm³/mol. The SMILES string of the molecule is N#Cc1cccc(Cn2cnc(CO)c2)c1F. The number of rotatable bonds is 3. The number of nitrogens with zero attached hydrogens (tertiary/aromatic N) is 3. The largest absolute Gasteiger partial charge is 0.390 e. The van der Waals surface area contributed by atoms with Gasteiger partial charge in [0.05, 0.1) is 30.7 Å². The summed E-state index contributed by atoms with van der Waals surface area (Å²) in [6.07, 6.45) is 3.16. The van der Waals surface area contributed by atoms with E-state index in [4.69, 9.17) is 10.4 Å². The summed E-state index contributed by atoms with van der Waals surface area (Å²) in [5.41, 5.74) is 0.984. The van der Waals surface area contributed by atoms with Crippen molar-refractivity contribution < 1.29 is 9.50 Å². The van der Waals surface area contributed by atoms with Crippen LogP contribution in [0.2, 0.25) is 0 Å². The highest BCUT2D eigenvalue weighted by Gasteiger charge is 2.08. The Bertz CT molecular complexity index is 571. The average molecular weight is 231 g/mol. The lowest BCUT2D eigenvalue weighted by Gasteiger charge is -2.04. The maximum absolute atomic E-state index is 13.7. The van der Waals surface area contributed by atoms with Gasteiger partial charge in [0.25, 0.3) is 0 Å². The van der Waals surface area contributed by atoms with Crippen molar-refractivity contribution in [2.24, 2.45) is 0 Å². The van der Waals surface area contributed by atoms with E-state index in [1.807, 2.05) is 0 Å². The molecule has 17 heavy (non-hydrogen) atoms. The quantitative estimate of drug-likeness (QED) is 0.869. The molecular formula is C12H10FN3O. The Hall–Kier alpha value is -2.19. The van der Waals surface area contributed by atoms with Gasteiger partial charge >= 0.3 is 0 Å². The predicted octanol–water partition coefficient (Wildman–Crippen LogP) is 1.43. The molecule has 0 atom stereocenters. The summed E-state index contributed by atoms with van der Waals surface area (Å²) in [4.78, 5) is 3.93. The molecule has 0 aliphatic carbocycles. The van der Waals surface area contributed by atoms with Gasteiger partial charge in [-0.1, -0.05) is 12.1 Å². The van der Waals surface area contributed by atoms with Crippen LogP contribution in [0, 0.1) is 17.1 Å². The van der Waals surface area contributed by atoms with Crippen LogP contribution in [0.4, 0.5) is 4.39 Å². The monoisotopic (exact) mass is 231 g/mol. The first kappa shape index (κ1) is 11.3. The van der Waals surface area contributed by atoms with Crippen LogP contribution >= 0.6 is 0 Å². The molecule has 1 aromatic carbocycles. The minimum absolute atomic E-state index is 0.0324. The second-order valence-electron chi connectivity index (χ2n) is 3.59. The molecule has 0 radical (unpaired) electrons. The first-order valence-corrected chi connectivity index (χ1v) is 5.03. The Labute approximate surface area is 97.6 Å². The lowest BCUT2D eigenvalue weighted by molar-refractivity contribution is 0.277.